The first-order chi connectivity index (χ1) is 8.08. The number of rotatable bonds is 2. The van der Waals surface area contributed by atoms with Crippen molar-refractivity contribution in [2.75, 3.05) is 5.32 Å². The van der Waals surface area contributed by atoms with Gasteiger partial charge in [0, 0.05) is 5.02 Å². The molecule has 0 saturated heterocycles. The number of anilines is 1. The highest BCUT2D eigenvalue weighted by Crippen LogP contribution is 2.25. The van der Waals surface area contributed by atoms with E-state index in [2.05, 4.69) is 41.9 Å². The lowest BCUT2D eigenvalue weighted by Gasteiger charge is -2.05. The van der Waals surface area contributed by atoms with Crippen LogP contribution in [0.5, 0.6) is 0 Å². The van der Waals surface area contributed by atoms with Crippen LogP contribution in [0.15, 0.2) is 16.6 Å². The molecule has 6 nitrogen and oxygen atoms in total. The molecule has 2 N–H and O–H groups in total. The fourth-order valence-electron chi connectivity index (χ4n) is 1.10. The summed E-state index contributed by atoms with van der Waals surface area (Å²) in [6.07, 6.45) is 0. The summed E-state index contributed by atoms with van der Waals surface area (Å²) in [6, 6.07) is 2.42. The van der Waals surface area contributed by atoms with Crippen LogP contribution in [0, 0.1) is 5.82 Å². The molecule has 2 rings (SSSR count). The Kier molecular flexibility index (Phi) is 3.34. The van der Waals surface area contributed by atoms with Crippen LogP contribution in [-0.4, -0.2) is 26.5 Å². The molecule has 0 atom stereocenters. The monoisotopic (exact) mass is 319 g/mol. The summed E-state index contributed by atoms with van der Waals surface area (Å²) in [5, 5.41) is 14.9. The van der Waals surface area contributed by atoms with Crippen molar-refractivity contribution >= 4 is 39.4 Å². The smallest absolute Gasteiger partial charge is 0.270 e. The van der Waals surface area contributed by atoms with Crippen molar-refractivity contribution in [3.05, 3.63) is 33.0 Å². The number of nitrogens with zero attached hydrogens (tertiary/aromatic N) is 3. The van der Waals surface area contributed by atoms with Crippen LogP contribution in [0.3, 0.4) is 0 Å². The van der Waals surface area contributed by atoms with Gasteiger partial charge in [-0.05, 0) is 33.3 Å². The topological polar surface area (TPSA) is 83.6 Å². The zero-order valence-corrected chi connectivity index (χ0v) is 10.4. The summed E-state index contributed by atoms with van der Waals surface area (Å²) >= 11 is 8.62. The van der Waals surface area contributed by atoms with E-state index in [0.717, 1.165) is 6.07 Å². The molecule has 1 amide bonds. The fraction of sp³-hybridized carbons (Fsp3) is 0. The molecule has 0 aliphatic heterocycles. The summed E-state index contributed by atoms with van der Waals surface area (Å²) < 4.78 is 13.3. The average molecular weight is 321 g/mol. The van der Waals surface area contributed by atoms with Gasteiger partial charge in [-0.1, -0.05) is 16.7 Å². The van der Waals surface area contributed by atoms with E-state index in [-0.39, 0.29) is 21.0 Å². The SMILES string of the molecule is O=C(Nc1nn[nH]n1)c1cc(Cl)cc(F)c1Br. The van der Waals surface area contributed by atoms with Gasteiger partial charge in [0.25, 0.3) is 11.9 Å². The normalized spacial score (nSPS) is 10.3. The fourth-order valence-corrected chi connectivity index (χ4v) is 1.72. The number of benzene rings is 1. The number of aromatic amines is 1. The highest BCUT2D eigenvalue weighted by atomic mass is 79.9. The molecule has 1 aromatic carbocycles. The maximum absolute atomic E-state index is 13.3. The predicted octanol–water partition coefficient (Wildman–Crippen LogP) is 2.01. The molecule has 0 aliphatic carbocycles. The van der Waals surface area contributed by atoms with Crippen molar-refractivity contribution in [1.29, 1.82) is 0 Å². The molecular formula is C8H4BrClFN5O. The standard InChI is InChI=1S/C8H4BrClFN5O/c9-6-4(1-3(10)2-5(6)11)7(17)12-8-13-15-16-14-8/h1-2H,(H2,12,13,14,15,16,17). The van der Waals surface area contributed by atoms with Gasteiger partial charge in [0.05, 0.1) is 10.0 Å². The Hall–Kier alpha value is -1.54. The van der Waals surface area contributed by atoms with Gasteiger partial charge in [-0.2, -0.15) is 5.21 Å². The van der Waals surface area contributed by atoms with E-state index in [1.165, 1.54) is 6.07 Å². The van der Waals surface area contributed by atoms with E-state index in [9.17, 15) is 9.18 Å². The number of halogens is 3. The number of hydrogen-bond donors (Lipinski definition) is 2. The van der Waals surface area contributed by atoms with E-state index in [4.69, 9.17) is 11.6 Å². The highest BCUT2D eigenvalue weighted by molar-refractivity contribution is 9.10. The Morgan fingerprint density at radius 1 is 1.53 bits per heavy atom. The third-order valence-corrected chi connectivity index (χ3v) is 2.83. The molecule has 0 fully saturated rings. The van der Waals surface area contributed by atoms with Gasteiger partial charge < -0.3 is 0 Å². The van der Waals surface area contributed by atoms with Crippen molar-refractivity contribution in [2.45, 2.75) is 0 Å². The molecule has 0 spiro atoms. The molecule has 9 heteroatoms. The van der Waals surface area contributed by atoms with Gasteiger partial charge in [-0.3, -0.25) is 10.1 Å². The number of H-pyrrole nitrogens is 1. The molecule has 0 unspecified atom stereocenters. The minimum absolute atomic E-state index is 0.0118. The van der Waals surface area contributed by atoms with Crippen LogP contribution in [0.1, 0.15) is 10.4 Å². The number of amides is 1. The molecule has 1 heterocycles. The second-order valence-electron chi connectivity index (χ2n) is 2.94. The predicted molar refractivity (Wildman–Crippen MR) is 61.2 cm³/mol. The molecule has 88 valence electrons. The number of carbonyl (C=O) groups is 1. The van der Waals surface area contributed by atoms with Crippen LogP contribution < -0.4 is 5.32 Å². The van der Waals surface area contributed by atoms with Crippen molar-refractivity contribution < 1.29 is 9.18 Å². The molecule has 0 radical (unpaired) electrons. The summed E-state index contributed by atoms with van der Waals surface area (Å²) in [7, 11) is 0. The minimum Gasteiger partial charge on any atom is -0.288 e. The number of nitrogens with one attached hydrogen (secondary N) is 2. The first-order valence-corrected chi connectivity index (χ1v) is 5.44. The quantitative estimate of drug-likeness (QED) is 0.829. The van der Waals surface area contributed by atoms with Crippen molar-refractivity contribution in [2.24, 2.45) is 0 Å². The lowest BCUT2D eigenvalue weighted by atomic mass is 10.2. The first-order valence-electron chi connectivity index (χ1n) is 4.27. The third-order valence-electron chi connectivity index (χ3n) is 1.81. The van der Waals surface area contributed by atoms with Gasteiger partial charge in [0.15, 0.2) is 0 Å². The van der Waals surface area contributed by atoms with Gasteiger partial charge >= 0.3 is 0 Å². The molecule has 1 aromatic heterocycles. The van der Waals surface area contributed by atoms with E-state index >= 15 is 0 Å². The first kappa shape index (κ1) is 11.9. The van der Waals surface area contributed by atoms with E-state index in [1.807, 2.05) is 0 Å². The van der Waals surface area contributed by atoms with Crippen LogP contribution >= 0.6 is 27.5 Å². The Balaban J connectivity index is 2.31. The molecule has 17 heavy (non-hydrogen) atoms. The Bertz CT molecular complexity index is 561. The van der Waals surface area contributed by atoms with Gasteiger partial charge in [-0.15, -0.1) is 5.10 Å². The zero-order valence-electron chi connectivity index (χ0n) is 8.04. The summed E-state index contributed by atoms with van der Waals surface area (Å²) in [5.74, 6) is -1.24. The summed E-state index contributed by atoms with van der Waals surface area (Å²) in [6.45, 7) is 0. The van der Waals surface area contributed by atoms with Crippen molar-refractivity contribution in [1.82, 2.24) is 20.6 Å². The Labute approximate surface area is 108 Å². The largest absolute Gasteiger partial charge is 0.288 e. The number of hydrogen-bond acceptors (Lipinski definition) is 4. The minimum atomic E-state index is -0.629. The lowest BCUT2D eigenvalue weighted by molar-refractivity contribution is 0.102. The number of aromatic nitrogens is 4. The zero-order chi connectivity index (χ0) is 12.4. The highest BCUT2D eigenvalue weighted by Gasteiger charge is 2.16. The van der Waals surface area contributed by atoms with Gasteiger partial charge in [0.2, 0.25) is 0 Å². The van der Waals surface area contributed by atoms with E-state index in [0.29, 0.717) is 0 Å². The number of carbonyl (C=O) groups excluding carboxylic acids is 1. The second-order valence-corrected chi connectivity index (χ2v) is 4.17. The van der Waals surface area contributed by atoms with Crippen LogP contribution in [0.25, 0.3) is 0 Å². The Morgan fingerprint density at radius 3 is 2.94 bits per heavy atom. The van der Waals surface area contributed by atoms with Crippen molar-refractivity contribution in [3.63, 3.8) is 0 Å². The maximum atomic E-state index is 13.3. The molecule has 0 saturated carbocycles. The average Bonchev–Trinajstić information content (AvgIpc) is 2.76. The van der Waals surface area contributed by atoms with Gasteiger partial charge in [-0.25, -0.2) is 4.39 Å². The summed E-state index contributed by atoms with van der Waals surface area (Å²) in [5.41, 5.74) is 0.0415. The molecule has 0 aliphatic rings. The van der Waals surface area contributed by atoms with E-state index < -0.39 is 11.7 Å². The van der Waals surface area contributed by atoms with Crippen LogP contribution in [-0.2, 0) is 0 Å². The molecule has 0 bridgehead atoms. The van der Waals surface area contributed by atoms with Gasteiger partial charge in [0.1, 0.15) is 5.82 Å². The summed E-state index contributed by atoms with van der Waals surface area (Å²) in [4.78, 5) is 11.7. The van der Waals surface area contributed by atoms with Crippen molar-refractivity contribution in [3.8, 4) is 0 Å². The lowest BCUT2D eigenvalue weighted by Crippen LogP contribution is -2.14. The Morgan fingerprint density at radius 2 is 2.29 bits per heavy atom. The second kappa shape index (κ2) is 4.76. The molecule has 2 aromatic rings. The number of tetrazole rings is 1. The van der Waals surface area contributed by atoms with Crippen LogP contribution in [0.2, 0.25) is 5.02 Å². The maximum Gasteiger partial charge on any atom is 0.270 e. The third kappa shape index (κ3) is 2.59. The van der Waals surface area contributed by atoms with Crippen LogP contribution in [0.4, 0.5) is 10.3 Å². The molecular weight excluding hydrogens is 316 g/mol. The van der Waals surface area contributed by atoms with E-state index in [1.54, 1.807) is 0 Å².